The molecule has 150 valence electrons. The Morgan fingerprint density at radius 2 is 1.80 bits per heavy atom. The predicted octanol–water partition coefficient (Wildman–Crippen LogP) is 2.99. The van der Waals surface area contributed by atoms with Crippen LogP contribution in [0, 0.1) is 11.3 Å². The van der Waals surface area contributed by atoms with E-state index in [1.165, 1.54) is 20.3 Å². The molecule has 0 saturated heterocycles. The third-order valence-corrected chi connectivity index (χ3v) is 4.30. The molecule has 1 N–H and O–H groups in total. The number of carboxylic acid groups (broad SMARTS) is 1. The molecule has 0 aliphatic carbocycles. The number of benzene rings is 2. The van der Waals surface area contributed by atoms with E-state index in [4.69, 9.17) is 9.47 Å². The first-order valence-electron chi connectivity index (χ1n) is 8.76. The number of rotatable bonds is 6. The van der Waals surface area contributed by atoms with Crippen molar-refractivity contribution in [3.8, 4) is 23.3 Å². The number of para-hydroxylation sites is 1. The van der Waals surface area contributed by atoms with Crippen LogP contribution >= 0.6 is 0 Å². The number of nitrogens with zero attached hydrogens (tertiary/aromatic N) is 3. The quantitative estimate of drug-likeness (QED) is 0.673. The fourth-order valence-electron chi connectivity index (χ4n) is 2.85. The number of hydrogen-bond acceptors (Lipinski definition) is 6. The lowest BCUT2D eigenvalue weighted by molar-refractivity contribution is 0.0688. The summed E-state index contributed by atoms with van der Waals surface area (Å²) in [5.74, 6) is -0.343. The number of carbonyl (C=O) groups is 1. The van der Waals surface area contributed by atoms with Crippen LogP contribution in [0.1, 0.15) is 27.2 Å². The van der Waals surface area contributed by atoms with E-state index in [1.807, 2.05) is 6.07 Å². The van der Waals surface area contributed by atoms with Crippen molar-refractivity contribution in [2.45, 2.75) is 0 Å². The van der Waals surface area contributed by atoms with Gasteiger partial charge in [-0.15, -0.1) is 0 Å². The van der Waals surface area contributed by atoms with Crippen molar-refractivity contribution < 1.29 is 19.4 Å². The summed E-state index contributed by atoms with van der Waals surface area (Å²) in [6.07, 6.45) is 2.95. The van der Waals surface area contributed by atoms with E-state index in [2.05, 4.69) is 5.10 Å². The molecule has 1 aromatic heterocycles. The van der Waals surface area contributed by atoms with E-state index in [9.17, 15) is 20.0 Å². The Labute approximate surface area is 171 Å². The van der Waals surface area contributed by atoms with Crippen molar-refractivity contribution in [1.29, 1.82) is 5.26 Å². The second-order valence-corrected chi connectivity index (χ2v) is 6.05. The van der Waals surface area contributed by atoms with E-state index in [-0.39, 0.29) is 11.1 Å². The van der Waals surface area contributed by atoms with Crippen molar-refractivity contribution in [2.75, 3.05) is 14.2 Å². The molecule has 0 radical (unpaired) electrons. The van der Waals surface area contributed by atoms with E-state index in [0.717, 1.165) is 4.68 Å². The van der Waals surface area contributed by atoms with Gasteiger partial charge in [-0.05, 0) is 29.8 Å². The van der Waals surface area contributed by atoms with E-state index in [0.29, 0.717) is 22.7 Å². The maximum Gasteiger partial charge on any atom is 0.357 e. The molecule has 8 nitrogen and oxygen atoms in total. The summed E-state index contributed by atoms with van der Waals surface area (Å²) < 4.78 is 11.3. The summed E-state index contributed by atoms with van der Waals surface area (Å²) >= 11 is 0. The van der Waals surface area contributed by atoms with E-state index in [1.54, 1.807) is 54.6 Å². The first-order chi connectivity index (χ1) is 14.5. The zero-order chi connectivity index (χ0) is 21.7. The number of methoxy groups -OCH3 is 2. The highest BCUT2D eigenvalue weighted by Gasteiger charge is 2.21. The van der Waals surface area contributed by atoms with Crippen molar-refractivity contribution in [3.05, 3.63) is 81.3 Å². The van der Waals surface area contributed by atoms with Gasteiger partial charge in [0, 0.05) is 5.56 Å². The molecule has 3 rings (SSSR count). The van der Waals surface area contributed by atoms with Crippen LogP contribution < -0.4 is 15.0 Å². The van der Waals surface area contributed by atoms with Gasteiger partial charge in [0.05, 0.1) is 19.9 Å². The van der Waals surface area contributed by atoms with Crippen LogP contribution in [0.5, 0.6) is 11.5 Å². The minimum Gasteiger partial charge on any atom is -0.493 e. The molecule has 0 saturated carbocycles. The summed E-state index contributed by atoms with van der Waals surface area (Å²) in [6, 6.07) is 15.2. The molecule has 0 spiro atoms. The maximum atomic E-state index is 12.8. The number of hydrogen-bond donors (Lipinski definition) is 1. The summed E-state index contributed by atoms with van der Waals surface area (Å²) in [7, 11) is 3.01. The molecule has 8 heteroatoms. The Kier molecular flexibility index (Phi) is 5.94. The van der Waals surface area contributed by atoms with Gasteiger partial charge in [0.25, 0.3) is 5.56 Å². The lowest BCUT2D eigenvalue weighted by Gasteiger charge is -2.10. The minimum atomic E-state index is -1.36. The smallest absolute Gasteiger partial charge is 0.357 e. The van der Waals surface area contributed by atoms with Crippen LogP contribution in [0.3, 0.4) is 0 Å². The molecular formula is C22H17N3O5. The molecule has 0 atom stereocenters. The summed E-state index contributed by atoms with van der Waals surface area (Å²) in [6.45, 7) is 0. The lowest BCUT2D eigenvalue weighted by atomic mass is 10.1. The second kappa shape index (κ2) is 8.75. The number of nitriles is 1. The van der Waals surface area contributed by atoms with Gasteiger partial charge in [0.2, 0.25) is 0 Å². The molecular weight excluding hydrogens is 386 g/mol. The zero-order valence-electron chi connectivity index (χ0n) is 16.2. The van der Waals surface area contributed by atoms with Crippen LogP contribution in [-0.4, -0.2) is 35.1 Å². The van der Waals surface area contributed by atoms with Gasteiger partial charge in [-0.3, -0.25) is 4.79 Å². The van der Waals surface area contributed by atoms with Gasteiger partial charge < -0.3 is 14.6 Å². The number of aromatic carboxylic acids is 1. The predicted molar refractivity (Wildman–Crippen MR) is 110 cm³/mol. The van der Waals surface area contributed by atoms with Crippen LogP contribution in [-0.2, 0) is 0 Å². The first kappa shape index (κ1) is 20.4. The monoisotopic (exact) mass is 403 g/mol. The Bertz CT molecular complexity index is 1220. The van der Waals surface area contributed by atoms with Crippen LogP contribution in [0.2, 0.25) is 0 Å². The zero-order valence-corrected chi connectivity index (χ0v) is 16.2. The molecule has 3 aromatic rings. The average molecular weight is 403 g/mol. The number of aromatic nitrogens is 2. The van der Waals surface area contributed by atoms with Gasteiger partial charge in [-0.2, -0.15) is 15.0 Å². The topological polar surface area (TPSA) is 114 Å². The van der Waals surface area contributed by atoms with Crippen LogP contribution in [0.25, 0.3) is 17.8 Å². The second-order valence-electron chi connectivity index (χ2n) is 6.05. The maximum absolute atomic E-state index is 12.8. The third kappa shape index (κ3) is 3.91. The Balaban J connectivity index is 2.16. The molecule has 1 heterocycles. The molecule has 0 aliphatic rings. The Morgan fingerprint density at radius 3 is 2.40 bits per heavy atom. The van der Waals surface area contributed by atoms with Crippen molar-refractivity contribution >= 4 is 18.1 Å². The lowest BCUT2D eigenvalue weighted by Crippen LogP contribution is -2.28. The highest BCUT2D eigenvalue weighted by Crippen LogP contribution is 2.28. The number of carboxylic acids is 1. The SMILES string of the molecule is COc1ccc(/C=C\c2c(C(=O)O)nn(-c3ccccc3)c(=O)c2C#N)cc1OC. The van der Waals surface area contributed by atoms with Crippen molar-refractivity contribution in [1.82, 2.24) is 9.78 Å². The fourth-order valence-corrected chi connectivity index (χ4v) is 2.85. The van der Waals surface area contributed by atoms with Gasteiger partial charge in [0.1, 0.15) is 11.6 Å². The highest BCUT2D eigenvalue weighted by atomic mass is 16.5. The summed E-state index contributed by atoms with van der Waals surface area (Å²) in [5, 5.41) is 23.2. The molecule has 0 unspecified atom stereocenters. The molecule has 0 aliphatic heterocycles. The normalized spacial score (nSPS) is 10.6. The summed E-state index contributed by atoms with van der Waals surface area (Å²) in [4.78, 5) is 24.6. The largest absolute Gasteiger partial charge is 0.493 e. The van der Waals surface area contributed by atoms with Gasteiger partial charge >= 0.3 is 5.97 Å². The molecule has 0 fully saturated rings. The first-order valence-corrected chi connectivity index (χ1v) is 8.76. The molecule has 0 amide bonds. The van der Waals surface area contributed by atoms with E-state index >= 15 is 0 Å². The van der Waals surface area contributed by atoms with E-state index < -0.39 is 17.2 Å². The standard InChI is InChI=1S/C22H17N3O5/c1-29-18-11-9-14(12-19(18)30-2)8-10-16-17(13-23)21(26)25(24-20(16)22(27)28)15-6-4-3-5-7-15/h3-12H,1-2H3,(H,27,28)/b10-8-. The summed E-state index contributed by atoms with van der Waals surface area (Å²) in [5.41, 5.74) is -0.496. The van der Waals surface area contributed by atoms with Crippen molar-refractivity contribution in [3.63, 3.8) is 0 Å². The highest BCUT2D eigenvalue weighted by molar-refractivity contribution is 5.92. The third-order valence-electron chi connectivity index (χ3n) is 4.30. The Hall–Kier alpha value is -4.38. The minimum absolute atomic E-state index is 0.0723. The van der Waals surface area contributed by atoms with Crippen LogP contribution in [0.4, 0.5) is 0 Å². The van der Waals surface area contributed by atoms with Crippen molar-refractivity contribution in [2.24, 2.45) is 0 Å². The average Bonchev–Trinajstić information content (AvgIpc) is 2.77. The number of ether oxygens (including phenoxy) is 2. The Morgan fingerprint density at radius 1 is 1.10 bits per heavy atom. The van der Waals surface area contributed by atoms with Crippen LogP contribution in [0.15, 0.2) is 53.3 Å². The van der Waals surface area contributed by atoms with Gasteiger partial charge in [-0.1, -0.05) is 36.4 Å². The molecule has 30 heavy (non-hydrogen) atoms. The fraction of sp³-hybridized carbons (Fsp3) is 0.0909. The van der Waals surface area contributed by atoms with Gasteiger partial charge in [0.15, 0.2) is 17.2 Å². The molecule has 0 bridgehead atoms. The van der Waals surface area contributed by atoms with Gasteiger partial charge in [-0.25, -0.2) is 4.79 Å². The molecule has 2 aromatic carbocycles.